The van der Waals surface area contributed by atoms with Gasteiger partial charge in [-0.15, -0.1) is 0 Å². The van der Waals surface area contributed by atoms with Gasteiger partial charge in [0.25, 0.3) is 0 Å². The fraction of sp³-hybridized carbons (Fsp3) is 0.538. The van der Waals surface area contributed by atoms with Crippen LogP contribution in [0.2, 0.25) is 0 Å². The number of alkyl halides is 3. The first-order valence-electron chi connectivity index (χ1n) is 5.70. The second kappa shape index (κ2) is 5.54. The van der Waals surface area contributed by atoms with Crippen molar-refractivity contribution in [1.29, 1.82) is 0 Å². The number of nitrogens with one attached hydrogen (secondary N) is 1. The Hall–Kier alpha value is -1.03. The molecule has 0 saturated heterocycles. The quantitative estimate of drug-likeness (QED) is 0.849. The molecule has 4 heteroatoms. The summed E-state index contributed by atoms with van der Waals surface area (Å²) >= 11 is 0. The van der Waals surface area contributed by atoms with Crippen LogP contribution in [0.3, 0.4) is 0 Å². The molecule has 0 saturated carbocycles. The molecule has 0 aliphatic carbocycles. The molecule has 96 valence electrons. The first-order valence-corrected chi connectivity index (χ1v) is 5.70. The minimum absolute atomic E-state index is 0.345. The number of halogens is 3. The molecule has 1 N–H and O–H groups in total. The second-order valence-corrected chi connectivity index (χ2v) is 4.61. The Bertz CT molecular complexity index is 341. The highest BCUT2D eigenvalue weighted by Crippen LogP contribution is 2.29. The lowest BCUT2D eigenvalue weighted by Crippen LogP contribution is -2.30. The summed E-state index contributed by atoms with van der Waals surface area (Å²) in [4.78, 5) is 0. The highest BCUT2D eigenvalue weighted by molar-refractivity contribution is 5.24. The third-order valence-corrected chi connectivity index (χ3v) is 2.91. The van der Waals surface area contributed by atoms with Crippen LogP contribution >= 0.6 is 0 Å². The maximum absolute atomic E-state index is 12.3. The molecular formula is C13H18F3N. The second-order valence-electron chi connectivity index (χ2n) is 4.61. The molecule has 0 aromatic heterocycles. The lowest BCUT2D eigenvalue weighted by Gasteiger charge is -2.17. The van der Waals surface area contributed by atoms with Gasteiger partial charge in [-0.2, -0.15) is 13.2 Å². The number of benzene rings is 1. The maximum atomic E-state index is 12.3. The van der Waals surface area contributed by atoms with Crippen molar-refractivity contribution in [1.82, 2.24) is 5.32 Å². The van der Waals surface area contributed by atoms with E-state index in [-0.39, 0.29) is 0 Å². The standard InChI is InChI=1S/C13H18F3N/c1-9(2)10(3)17-8-11-4-6-12(7-5-11)13(14,15)16/h4-7,9-10,17H,8H2,1-3H3/t10-/m1/s1. The molecule has 17 heavy (non-hydrogen) atoms. The lowest BCUT2D eigenvalue weighted by molar-refractivity contribution is -0.137. The molecule has 1 atom stereocenters. The minimum atomic E-state index is -4.25. The summed E-state index contributed by atoms with van der Waals surface area (Å²) in [6.07, 6.45) is -4.25. The zero-order chi connectivity index (χ0) is 13.1. The van der Waals surface area contributed by atoms with E-state index in [1.807, 2.05) is 0 Å². The molecule has 0 heterocycles. The molecule has 0 aliphatic rings. The van der Waals surface area contributed by atoms with Gasteiger partial charge in [0, 0.05) is 12.6 Å². The van der Waals surface area contributed by atoms with Crippen molar-refractivity contribution in [2.75, 3.05) is 0 Å². The van der Waals surface area contributed by atoms with E-state index in [9.17, 15) is 13.2 Å². The van der Waals surface area contributed by atoms with Crippen molar-refractivity contribution in [2.45, 2.75) is 39.5 Å². The van der Waals surface area contributed by atoms with Crippen LogP contribution < -0.4 is 5.32 Å². The third-order valence-electron chi connectivity index (χ3n) is 2.91. The third kappa shape index (κ3) is 4.38. The summed E-state index contributed by atoms with van der Waals surface area (Å²) in [5, 5.41) is 3.28. The molecule has 0 amide bonds. The van der Waals surface area contributed by atoms with E-state index in [0.717, 1.165) is 17.7 Å². The van der Waals surface area contributed by atoms with E-state index >= 15 is 0 Å². The van der Waals surface area contributed by atoms with Crippen molar-refractivity contribution >= 4 is 0 Å². The molecule has 0 radical (unpaired) electrons. The van der Waals surface area contributed by atoms with Crippen molar-refractivity contribution < 1.29 is 13.2 Å². The predicted octanol–water partition coefficient (Wildman–Crippen LogP) is 3.84. The molecule has 0 fully saturated rings. The largest absolute Gasteiger partial charge is 0.416 e. The van der Waals surface area contributed by atoms with Crippen LogP contribution in [0.4, 0.5) is 13.2 Å². The summed E-state index contributed by atoms with van der Waals surface area (Å²) < 4.78 is 37.0. The molecule has 0 bridgehead atoms. The topological polar surface area (TPSA) is 12.0 Å². The molecule has 0 spiro atoms. The van der Waals surface area contributed by atoms with E-state index < -0.39 is 11.7 Å². The van der Waals surface area contributed by atoms with E-state index in [1.54, 1.807) is 0 Å². The van der Waals surface area contributed by atoms with E-state index in [4.69, 9.17) is 0 Å². The summed E-state index contributed by atoms with van der Waals surface area (Å²) in [7, 11) is 0. The minimum Gasteiger partial charge on any atom is -0.310 e. The molecule has 0 aliphatic heterocycles. The smallest absolute Gasteiger partial charge is 0.310 e. The van der Waals surface area contributed by atoms with Gasteiger partial charge in [0.2, 0.25) is 0 Å². The van der Waals surface area contributed by atoms with Gasteiger partial charge >= 0.3 is 6.18 Å². The Balaban J connectivity index is 2.57. The van der Waals surface area contributed by atoms with Gasteiger partial charge in [-0.05, 0) is 30.5 Å². The van der Waals surface area contributed by atoms with Crippen LogP contribution in [-0.4, -0.2) is 6.04 Å². The molecule has 0 unspecified atom stereocenters. The zero-order valence-corrected chi connectivity index (χ0v) is 10.3. The van der Waals surface area contributed by atoms with Gasteiger partial charge in [0.15, 0.2) is 0 Å². The van der Waals surface area contributed by atoms with Gasteiger partial charge in [-0.1, -0.05) is 26.0 Å². The molecule has 1 nitrogen and oxygen atoms in total. The number of rotatable bonds is 4. The van der Waals surface area contributed by atoms with Gasteiger partial charge in [-0.25, -0.2) is 0 Å². The monoisotopic (exact) mass is 245 g/mol. The lowest BCUT2D eigenvalue weighted by atomic mass is 10.1. The Morgan fingerprint density at radius 2 is 1.59 bits per heavy atom. The van der Waals surface area contributed by atoms with E-state index in [2.05, 4.69) is 26.1 Å². The van der Waals surface area contributed by atoms with Crippen LogP contribution in [0.15, 0.2) is 24.3 Å². The molecule has 1 rings (SSSR count). The Kier molecular flexibility index (Phi) is 4.57. The van der Waals surface area contributed by atoms with E-state index in [0.29, 0.717) is 18.5 Å². The average molecular weight is 245 g/mol. The summed E-state index contributed by atoms with van der Waals surface area (Å²) in [5.74, 6) is 0.504. The van der Waals surface area contributed by atoms with Gasteiger partial charge < -0.3 is 5.32 Å². The van der Waals surface area contributed by atoms with Gasteiger partial charge in [0.05, 0.1) is 5.56 Å². The zero-order valence-electron chi connectivity index (χ0n) is 10.3. The van der Waals surface area contributed by atoms with Gasteiger partial charge in [-0.3, -0.25) is 0 Å². The SMILES string of the molecule is CC(C)[C@@H](C)NCc1ccc(C(F)(F)F)cc1. The summed E-state index contributed by atoms with van der Waals surface area (Å²) in [6, 6.07) is 5.62. The van der Waals surface area contributed by atoms with Crippen molar-refractivity contribution in [3.05, 3.63) is 35.4 Å². The van der Waals surface area contributed by atoms with Crippen molar-refractivity contribution in [3.8, 4) is 0 Å². The summed E-state index contributed by atoms with van der Waals surface area (Å²) in [5.41, 5.74) is 0.267. The van der Waals surface area contributed by atoms with Crippen LogP contribution in [0.1, 0.15) is 31.9 Å². The fourth-order valence-electron chi connectivity index (χ4n) is 1.33. The first-order chi connectivity index (χ1) is 7.80. The highest BCUT2D eigenvalue weighted by Gasteiger charge is 2.29. The highest BCUT2D eigenvalue weighted by atomic mass is 19.4. The maximum Gasteiger partial charge on any atom is 0.416 e. The molecule has 1 aromatic rings. The Morgan fingerprint density at radius 3 is 2.00 bits per heavy atom. The van der Waals surface area contributed by atoms with Crippen LogP contribution in [0, 0.1) is 5.92 Å². The summed E-state index contributed by atoms with van der Waals surface area (Å²) in [6.45, 7) is 6.86. The normalized spacial score (nSPS) is 14.1. The van der Waals surface area contributed by atoms with Crippen LogP contribution in [0.25, 0.3) is 0 Å². The van der Waals surface area contributed by atoms with Crippen molar-refractivity contribution in [3.63, 3.8) is 0 Å². The van der Waals surface area contributed by atoms with E-state index in [1.165, 1.54) is 12.1 Å². The van der Waals surface area contributed by atoms with Crippen LogP contribution in [0.5, 0.6) is 0 Å². The Labute approximate surface area is 100 Å². The number of hydrogen-bond acceptors (Lipinski definition) is 1. The fourth-order valence-corrected chi connectivity index (χ4v) is 1.33. The Morgan fingerprint density at radius 1 is 1.06 bits per heavy atom. The van der Waals surface area contributed by atoms with Crippen LogP contribution in [-0.2, 0) is 12.7 Å². The van der Waals surface area contributed by atoms with Gasteiger partial charge in [0.1, 0.15) is 0 Å². The molecular weight excluding hydrogens is 227 g/mol. The molecule has 1 aromatic carbocycles. The predicted molar refractivity (Wildman–Crippen MR) is 62.6 cm³/mol. The average Bonchev–Trinajstić information content (AvgIpc) is 2.25. The first kappa shape index (κ1) is 14.0. The number of hydrogen-bond donors (Lipinski definition) is 1. The van der Waals surface area contributed by atoms with Crippen molar-refractivity contribution in [2.24, 2.45) is 5.92 Å².